The average molecular weight is 278 g/mol. The van der Waals surface area contributed by atoms with Crippen LogP contribution in [0.1, 0.15) is 47.5 Å². The van der Waals surface area contributed by atoms with Gasteiger partial charge in [-0.05, 0) is 27.2 Å². The van der Waals surface area contributed by atoms with E-state index in [0.717, 1.165) is 19.4 Å². The molecule has 0 bridgehead atoms. The maximum absolute atomic E-state index is 10.3. The number of ether oxygens (including phenoxy) is 3. The summed E-state index contributed by atoms with van der Waals surface area (Å²) in [5.41, 5.74) is 0. The van der Waals surface area contributed by atoms with Crippen LogP contribution in [0.3, 0.4) is 0 Å². The van der Waals surface area contributed by atoms with Crippen molar-refractivity contribution in [2.45, 2.75) is 59.7 Å². The van der Waals surface area contributed by atoms with Gasteiger partial charge in [0.2, 0.25) is 0 Å². The van der Waals surface area contributed by atoms with Crippen LogP contribution in [0.4, 0.5) is 0 Å². The highest BCUT2D eigenvalue weighted by atomic mass is 16.6. The minimum absolute atomic E-state index is 0.127. The van der Waals surface area contributed by atoms with Crippen molar-refractivity contribution < 1.29 is 24.1 Å². The molecule has 0 aromatic heterocycles. The van der Waals surface area contributed by atoms with Crippen molar-refractivity contribution in [2.75, 3.05) is 26.4 Å². The van der Waals surface area contributed by atoms with Crippen LogP contribution in [-0.2, 0) is 19.0 Å². The van der Waals surface area contributed by atoms with E-state index in [1.54, 1.807) is 13.8 Å². The Labute approximate surface area is 117 Å². The zero-order chi connectivity index (χ0) is 15.1. The van der Waals surface area contributed by atoms with E-state index in [0.29, 0.717) is 19.8 Å². The summed E-state index contributed by atoms with van der Waals surface area (Å²) in [5.74, 6) is -0.257. The molecule has 0 aliphatic rings. The topological polar surface area (TPSA) is 65.0 Å². The molecule has 2 atom stereocenters. The van der Waals surface area contributed by atoms with E-state index in [9.17, 15) is 4.79 Å². The van der Waals surface area contributed by atoms with Gasteiger partial charge in [0.25, 0.3) is 0 Å². The lowest BCUT2D eigenvalue weighted by Crippen LogP contribution is -2.18. The zero-order valence-corrected chi connectivity index (χ0v) is 13.0. The molecule has 0 aromatic rings. The highest BCUT2D eigenvalue weighted by molar-refractivity contribution is 5.66. The predicted molar refractivity (Wildman–Crippen MR) is 75.1 cm³/mol. The van der Waals surface area contributed by atoms with E-state index in [1.165, 1.54) is 6.92 Å². The largest absolute Gasteiger partial charge is 0.460 e. The predicted octanol–water partition coefficient (Wildman–Crippen LogP) is 2.16. The fraction of sp³-hybridized carbons (Fsp3) is 0.929. The van der Waals surface area contributed by atoms with Gasteiger partial charge < -0.3 is 19.3 Å². The zero-order valence-electron chi connectivity index (χ0n) is 13.0. The summed E-state index contributed by atoms with van der Waals surface area (Å²) in [7, 11) is 0. The average Bonchev–Trinajstić information content (AvgIpc) is 2.32. The Balaban J connectivity index is 0. The number of carbonyl (C=O) groups excluding carboxylic acids is 1. The van der Waals surface area contributed by atoms with Crippen LogP contribution < -0.4 is 0 Å². The molecule has 0 saturated carbocycles. The van der Waals surface area contributed by atoms with E-state index in [1.807, 2.05) is 6.92 Å². The molecule has 0 spiro atoms. The van der Waals surface area contributed by atoms with Crippen LogP contribution in [0.25, 0.3) is 0 Å². The molecule has 1 N–H and O–H groups in total. The minimum Gasteiger partial charge on any atom is -0.460 e. The lowest BCUT2D eigenvalue weighted by atomic mass is 10.4. The summed E-state index contributed by atoms with van der Waals surface area (Å²) in [5, 5.41) is 8.73. The molecule has 0 fully saturated rings. The quantitative estimate of drug-likeness (QED) is 0.517. The number of aliphatic hydroxyl groups excluding tert-OH is 1. The second-order valence-electron chi connectivity index (χ2n) is 4.36. The van der Waals surface area contributed by atoms with E-state index in [-0.39, 0.29) is 18.2 Å². The Morgan fingerprint density at radius 2 is 1.79 bits per heavy atom. The Hall–Kier alpha value is -0.650. The fourth-order valence-electron chi connectivity index (χ4n) is 1.10. The Morgan fingerprint density at radius 1 is 1.16 bits per heavy atom. The van der Waals surface area contributed by atoms with Gasteiger partial charge in [-0.25, -0.2) is 0 Å². The molecule has 0 amide bonds. The third-order valence-electron chi connectivity index (χ3n) is 1.93. The third-order valence-corrected chi connectivity index (χ3v) is 1.93. The van der Waals surface area contributed by atoms with E-state index >= 15 is 0 Å². The second-order valence-corrected chi connectivity index (χ2v) is 4.36. The molecule has 0 aliphatic heterocycles. The van der Waals surface area contributed by atoms with Crippen molar-refractivity contribution in [1.29, 1.82) is 0 Å². The number of esters is 1. The van der Waals surface area contributed by atoms with Gasteiger partial charge in [-0.15, -0.1) is 0 Å². The minimum atomic E-state index is -0.318. The molecule has 0 heterocycles. The number of rotatable bonds is 9. The van der Waals surface area contributed by atoms with Crippen molar-refractivity contribution in [3.05, 3.63) is 0 Å². The highest BCUT2D eigenvalue weighted by Gasteiger charge is 2.03. The maximum atomic E-state index is 10.3. The summed E-state index contributed by atoms with van der Waals surface area (Å²) in [6, 6.07) is 0. The molecule has 0 rings (SSSR count). The van der Waals surface area contributed by atoms with Crippen LogP contribution in [0.2, 0.25) is 0 Å². The van der Waals surface area contributed by atoms with E-state index < -0.39 is 0 Å². The molecule has 0 saturated heterocycles. The van der Waals surface area contributed by atoms with Crippen molar-refractivity contribution >= 4 is 5.97 Å². The van der Waals surface area contributed by atoms with Gasteiger partial charge in [-0.2, -0.15) is 0 Å². The van der Waals surface area contributed by atoms with E-state index in [2.05, 4.69) is 6.92 Å². The molecule has 116 valence electrons. The molecule has 19 heavy (non-hydrogen) atoms. The standard InChI is InChI=1S/C7H14O3.C7H16O2/c1-4-9-5-6(2)10-7(3)8;1-3-4-5-9-6-7(2)8/h6H,4-5H2,1-3H3;7-8H,3-6H2,1-2H3. The van der Waals surface area contributed by atoms with Gasteiger partial charge in [0, 0.05) is 20.1 Å². The molecular formula is C14H30O5. The van der Waals surface area contributed by atoms with Gasteiger partial charge >= 0.3 is 5.97 Å². The lowest BCUT2D eigenvalue weighted by Gasteiger charge is -2.10. The number of carbonyl (C=O) groups is 1. The van der Waals surface area contributed by atoms with Crippen molar-refractivity contribution in [1.82, 2.24) is 0 Å². The van der Waals surface area contributed by atoms with Crippen molar-refractivity contribution in [3.8, 4) is 0 Å². The summed E-state index contributed by atoms with van der Waals surface area (Å²) in [4.78, 5) is 10.3. The second kappa shape index (κ2) is 15.4. The maximum Gasteiger partial charge on any atom is 0.302 e. The van der Waals surface area contributed by atoms with Crippen molar-refractivity contribution in [3.63, 3.8) is 0 Å². The first-order valence-electron chi connectivity index (χ1n) is 6.94. The number of aliphatic hydroxyl groups is 1. The first-order chi connectivity index (χ1) is 8.93. The number of unbranched alkanes of at least 4 members (excludes halogenated alkanes) is 1. The third kappa shape index (κ3) is 22.9. The molecule has 2 unspecified atom stereocenters. The first-order valence-corrected chi connectivity index (χ1v) is 6.94. The highest BCUT2D eigenvalue weighted by Crippen LogP contribution is 1.91. The summed E-state index contributed by atoms with van der Waals surface area (Å²) < 4.78 is 14.9. The van der Waals surface area contributed by atoms with Crippen LogP contribution in [0, 0.1) is 0 Å². The molecule has 0 aliphatic carbocycles. The monoisotopic (exact) mass is 278 g/mol. The van der Waals surface area contributed by atoms with Crippen molar-refractivity contribution in [2.24, 2.45) is 0 Å². The van der Waals surface area contributed by atoms with E-state index in [4.69, 9.17) is 19.3 Å². The lowest BCUT2D eigenvalue weighted by molar-refractivity contribution is -0.148. The molecular weight excluding hydrogens is 248 g/mol. The Bertz CT molecular complexity index is 194. The van der Waals surface area contributed by atoms with Crippen LogP contribution >= 0.6 is 0 Å². The van der Waals surface area contributed by atoms with Gasteiger partial charge in [-0.3, -0.25) is 4.79 Å². The smallest absolute Gasteiger partial charge is 0.302 e. The Morgan fingerprint density at radius 3 is 2.21 bits per heavy atom. The molecule has 5 nitrogen and oxygen atoms in total. The van der Waals surface area contributed by atoms with Gasteiger partial charge in [0.05, 0.1) is 19.3 Å². The summed E-state index contributed by atoms with van der Waals surface area (Å²) >= 11 is 0. The normalized spacial score (nSPS) is 13.2. The molecule has 0 radical (unpaired) electrons. The molecule has 5 heteroatoms. The van der Waals surface area contributed by atoms with Crippen LogP contribution in [0.15, 0.2) is 0 Å². The van der Waals surface area contributed by atoms with Crippen LogP contribution in [-0.4, -0.2) is 49.7 Å². The van der Waals surface area contributed by atoms with Gasteiger partial charge in [-0.1, -0.05) is 13.3 Å². The van der Waals surface area contributed by atoms with Gasteiger partial charge in [0.1, 0.15) is 6.10 Å². The summed E-state index contributed by atoms with van der Waals surface area (Å²) in [6.07, 6.45) is 1.80. The Kier molecular flexibility index (Phi) is 16.8. The number of hydrogen-bond acceptors (Lipinski definition) is 5. The first kappa shape index (κ1) is 20.7. The summed E-state index contributed by atoms with van der Waals surface area (Å²) in [6.45, 7) is 11.3. The fourth-order valence-corrected chi connectivity index (χ4v) is 1.10. The SMILES string of the molecule is CCCCOCC(C)O.CCOCC(C)OC(C)=O. The number of hydrogen-bond donors (Lipinski definition) is 1. The van der Waals surface area contributed by atoms with Gasteiger partial charge in [0.15, 0.2) is 0 Å². The van der Waals surface area contributed by atoms with Crippen LogP contribution in [0.5, 0.6) is 0 Å². The molecule has 0 aromatic carbocycles.